The molecule has 108 valence electrons. The molecule has 0 aliphatic rings. The average molecular weight is 279 g/mol. The molecule has 2 rings (SSSR count). The Morgan fingerprint density at radius 2 is 2.05 bits per heavy atom. The summed E-state index contributed by atoms with van der Waals surface area (Å²) in [5.41, 5.74) is 5.44. The molecule has 0 spiro atoms. The number of anilines is 1. The maximum absolute atomic E-state index is 12.0. The molecule has 0 fully saturated rings. The zero-order chi connectivity index (χ0) is 14.9. The molecule has 0 radical (unpaired) electrons. The summed E-state index contributed by atoms with van der Waals surface area (Å²) in [6.07, 6.45) is 0. The molecule has 20 heavy (non-hydrogen) atoms. The van der Waals surface area contributed by atoms with E-state index in [0.717, 1.165) is 0 Å². The van der Waals surface area contributed by atoms with Gasteiger partial charge < -0.3 is 15.5 Å². The smallest absolute Gasteiger partial charge is 0.316 e. The zero-order valence-corrected chi connectivity index (χ0v) is 11.6. The Balaban J connectivity index is 2.52. The van der Waals surface area contributed by atoms with E-state index < -0.39 is 11.5 Å². The number of nitrogen functional groups attached to an aromatic ring is 1. The second-order valence-electron chi connectivity index (χ2n) is 4.75. The second kappa shape index (κ2) is 5.32. The molecule has 2 heterocycles. The normalized spacial score (nSPS) is 12.8. The Bertz CT molecular complexity index is 688. The van der Waals surface area contributed by atoms with Gasteiger partial charge in [0.05, 0.1) is 6.61 Å². The van der Waals surface area contributed by atoms with Crippen molar-refractivity contribution in [1.82, 2.24) is 19.9 Å². The number of nitrogens with one attached hydrogen (secondary N) is 2. The molecule has 0 aliphatic heterocycles. The van der Waals surface area contributed by atoms with Crippen LogP contribution in [0.5, 0.6) is 0 Å². The van der Waals surface area contributed by atoms with E-state index in [1.54, 1.807) is 6.92 Å². The van der Waals surface area contributed by atoms with Crippen molar-refractivity contribution in [2.24, 2.45) is 5.92 Å². The third kappa shape index (κ3) is 2.49. The van der Waals surface area contributed by atoms with Crippen LogP contribution in [-0.2, 0) is 9.53 Å². The summed E-state index contributed by atoms with van der Waals surface area (Å²) in [5.74, 6) is -0.656. The number of hydrogen-bond acceptors (Lipinski definition) is 6. The van der Waals surface area contributed by atoms with Gasteiger partial charge in [-0.3, -0.25) is 14.6 Å². The van der Waals surface area contributed by atoms with Gasteiger partial charge in [-0.2, -0.15) is 4.98 Å². The molecule has 4 N–H and O–H groups in total. The fraction of sp³-hybridized carbons (Fsp3) is 0.500. The first-order valence-electron chi connectivity index (χ1n) is 6.36. The van der Waals surface area contributed by atoms with Crippen LogP contribution >= 0.6 is 0 Å². The van der Waals surface area contributed by atoms with Crippen molar-refractivity contribution in [2.75, 3.05) is 12.3 Å². The molecule has 2 aromatic heterocycles. The molecule has 0 bridgehead atoms. The van der Waals surface area contributed by atoms with Gasteiger partial charge in [0.1, 0.15) is 11.7 Å². The topological polar surface area (TPSA) is 127 Å². The van der Waals surface area contributed by atoms with Crippen LogP contribution in [0.15, 0.2) is 4.79 Å². The van der Waals surface area contributed by atoms with Gasteiger partial charge in [-0.15, -0.1) is 0 Å². The highest BCUT2D eigenvalue weighted by molar-refractivity contribution is 5.79. The number of nitrogens with zero attached hydrogens (tertiary/aromatic N) is 2. The van der Waals surface area contributed by atoms with Crippen LogP contribution in [0.4, 0.5) is 5.95 Å². The van der Waals surface area contributed by atoms with Gasteiger partial charge in [0, 0.05) is 0 Å². The Labute approximate surface area is 114 Å². The van der Waals surface area contributed by atoms with Crippen LogP contribution in [0.25, 0.3) is 11.2 Å². The standard InChI is InChI=1S/C12H17N5O3/c1-4-20-11(19)6(5(2)3)8-14-7-9(15-8)16-12(13)17-10(7)18/h5-6H,4H2,1-3H3,(H4,13,14,15,16,17,18). The fourth-order valence-electron chi connectivity index (χ4n) is 2.02. The summed E-state index contributed by atoms with van der Waals surface area (Å²) in [7, 11) is 0. The van der Waals surface area contributed by atoms with Gasteiger partial charge in [-0.1, -0.05) is 13.8 Å². The molecular weight excluding hydrogens is 262 g/mol. The number of imidazole rings is 1. The molecule has 0 aromatic carbocycles. The average Bonchev–Trinajstić information content (AvgIpc) is 2.72. The van der Waals surface area contributed by atoms with Gasteiger partial charge in [-0.05, 0) is 12.8 Å². The van der Waals surface area contributed by atoms with Crippen molar-refractivity contribution in [3.8, 4) is 0 Å². The molecule has 8 heteroatoms. The zero-order valence-electron chi connectivity index (χ0n) is 11.6. The molecular formula is C12H17N5O3. The predicted octanol–water partition coefficient (Wildman–Crippen LogP) is 0.531. The molecule has 0 saturated carbocycles. The lowest BCUT2D eigenvalue weighted by atomic mass is 9.95. The second-order valence-corrected chi connectivity index (χ2v) is 4.75. The Kier molecular flexibility index (Phi) is 3.73. The third-order valence-electron chi connectivity index (χ3n) is 2.90. The van der Waals surface area contributed by atoms with Crippen LogP contribution in [0.1, 0.15) is 32.5 Å². The van der Waals surface area contributed by atoms with Crippen LogP contribution in [-0.4, -0.2) is 32.5 Å². The van der Waals surface area contributed by atoms with E-state index >= 15 is 0 Å². The lowest BCUT2D eigenvalue weighted by Gasteiger charge is -2.16. The van der Waals surface area contributed by atoms with E-state index in [1.165, 1.54) is 0 Å². The number of ether oxygens (including phenoxy) is 1. The highest BCUT2D eigenvalue weighted by atomic mass is 16.5. The fourth-order valence-corrected chi connectivity index (χ4v) is 2.02. The number of nitrogens with two attached hydrogens (primary N) is 1. The van der Waals surface area contributed by atoms with E-state index in [1.807, 2.05) is 13.8 Å². The summed E-state index contributed by atoms with van der Waals surface area (Å²) in [6, 6.07) is 0. The number of aromatic amines is 2. The van der Waals surface area contributed by atoms with E-state index in [-0.39, 0.29) is 35.6 Å². The highest BCUT2D eigenvalue weighted by Gasteiger charge is 2.29. The van der Waals surface area contributed by atoms with Gasteiger partial charge in [0.15, 0.2) is 11.2 Å². The molecule has 0 amide bonds. The summed E-state index contributed by atoms with van der Waals surface area (Å²) < 4.78 is 5.04. The number of rotatable bonds is 4. The van der Waals surface area contributed by atoms with E-state index in [4.69, 9.17) is 10.5 Å². The minimum atomic E-state index is -0.579. The third-order valence-corrected chi connectivity index (χ3v) is 2.90. The Morgan fingerprint density at radius 3 is 2.65 bits per heavy atom. The van der Waals surface area contributed by atoms with Crippen molar-refractivity contribution in [3.05, 3.63) is 16.2 Å². The van der Waals surface area contributed by atoms with Gasteiger partial charge in [0.2, 0.25) is 5.95 Å². The number of carbonyl (C=O) groups is 1. The quantitative estimate of drug-likeness (QED) is 0.701. The number of fused-ring (bicyclic) bond motifs is 1. The number of carbonyl (C=O) groups excluding carboxylic acids is 1. The van der Waals surface area contributed by atoms with Crippen molar-refractivity contribution in [1.29, 1.82) is 0 Å². The van der Waals surface area contributed by atoms with Gasteiger partial charge in [0.25, 0.3) is 5.56 Å². The lowest BCUT2D eigenvalue weighted by molar-refractivity contribution is -0.146. The summed E-state index contributed by atoms with van der Waals surface area (Å²) in [4.78, 5) is 37.1. The maximum atomic E-state index is 12.0. The molecule has 8 nitrogen and oxygen atoms in total. The lowest BCUT2D eigenvalue weighted by Crippen LogP contribution is -2.22. The van der Waals surface area contributed by atoms with Gasteiger partial charge in [-0.25, -0.2) is 4.98 Å². The maximum Gasteiger partial charge on any atom is 0.316 e. The molecule has 0 aliphatic carbocycles. The SMILES string of the molecule is CCOC(=O)C(c1nc2nc(N)[nH]c(=O)c2[nH]1)C(C)C. The van der Waals surface area contributed by atoms with E-state index in [2.05, 4.69) is 19.9 Å². The Morgan fingerprint density at radius 1 is 1.35 bits per heavy atom. The van der Waals surface area contributed by atoms with Crippen LogP contribution in [0, 0.1) is 5.92 Å². The number of H-pyrrole nitrogens is 2. The van der Waals surface area contributed by atoms with Crippen LogP contribution in [0.2, 0.25) is 0 Å². The number of esters is 1. The minimum absolute atomic E-state index is 0.0159. The first-order valence-corrected chi connectivity index (χ1v) is 6.36. The number of aromatic nitrogens is 4. The Hall–Kier alpha value is -2.38. The van der Waals surface area contributed by atoms with Crippen molar-refractivity contribution in [3.63, 3.8) is 0 Å². The monoisotopic (exact) mass is 279 g/mol. The molecule has 0 saturated heterocycles. The van der Waals surface area contributed by atoms with Crippen molar-refractivity contribution >= 4 is 23.1 Å². The molecule has 1 unspecified atom stereocenters. The van der Waals surface area contributed by atoms with E-state index in [9.17, 15) is 9.59 Å². The number of hydrogen-bond donors (Lipinski definition) is 3. The van der Waals surface area contributed by atoms with Crippen LogP contribution in [0.3, 0.4) is 0 Å². The first kappa shape index (κ1) is 14.0. The van der Waals surface area contributed by atoms with Gasteiger partial charge >= 0.3 is 5.97 Å². The first-order chi connectivity index (χ1) is 9.43. The largest absolute Gasteiger partial charge is 0.465 e. The van der Waals surface area contributed by atoms with Crippen molar-refractivity contribution in [2.45, 2.75) is 26.7 Å². The van der Waals surface area contributed by atoms with E-state index in [0.29, 0.717) is 5.82 Å². The summed E-state index contributed by atoms with van der Waals surface area (Å²) in [5, 5.41) is 0. The highest BCUT2D eigenvalue weighted by Crippen LogP contribution is 2.24. The minimum Gasteiger partial charge on any atom is -0.465 e. The molecule has 1 atom stereocenters. The summed E-state index contributed by atoms with van der Waals surface area (Å²) >= 11 is 0. The summed E-state index contributed by atoms with van der Waals surface area (Å²) in [6.45, 7) is 5.77. The predicted molar refractivity (Wildman–Crippen MR) is 73.1 cm³/mol. The molecule has 2 aromatic rings. The van der Waals surface area contributed by atoms with Crippen molar-refractivity contribution < 1.29 is 9.53 Å². The van der Waals surface area contributed by atoms with Crippen LogP contribution < -0.4 is 11.3 Å².